The number of hydrogen-bond acceptors (Lipinski definition) is 5. The highest BCUT2D eigenvalue weighted by Gasteiger charge is 2.20. The maximum Gasteiger partial charge on any atom is 0.335 e. The van der Waals surface area contributed by atoms with Crippen LogP contribution < -0.4 is 10.0 Å². The standard InChI is InChI=1S/C21H28N2O5S/c1-16(2)28-14-6-12-22-19-10-9-18(21(24)25)15-20(19)29(26,27)23-13-11-17-7-4-3-5-8-17/h3-5,7-10,15-16,22-23H,6,11-14H2,1-2H3,(H,24,25). The second-order valence-corrected chi connectivity index (χ2v) is 8.58. The third kappa shape index (κ3) is 7.49. The van der Waals surface area contributed by atoms with Gasteiger partial charge in [0.05, 0.1) is 17.4 Å². The highest BCUT2D eigenvalue weighted by molar-refractivity contribution is 7.89. The lowest BCUT2D eigenvalue weighted by atomic mass is 10.2. The van der Waals surface area contributed by atoms with E-state index in [0.717, 1.165) is 5.56 Å². The Balaban J connectivity index is 2.09. The Hall–Kier alpha value is -2.42. The first kappa shape index (κ1) is 22.9. The lowest BCUT2D eigenvalue weighted by molar-refractivity contribution is 0.0696. The molecule has 0 aliphatic heterocycles. The summed E-state index contributed by atoms with van der Waals surface area (Å²) in [7, 11) is -3.88. The van der Waals surface area contributed by atoms with Crippen molar-refractivity contribution in [1.29, 1.82) is 0 Å². The Morgan fingerprint density at radius 1 is 1.10 bits per heavy atom. The Labute approximate surface area is 172 Å². The highest BCUT2D eigenvalue weighted by atomic mass is 32.2. The van der Waals surface area contributed by atoms with Crippen LogP contribution in [0.4, 0.5) is 5.69 Å². The lowest BCUT2D eigenvalue weighted by Gasteiger charge is -2.15. The molecule has 0 fully saturated rings. The van der Waals surface area contributed by atoms with Gasteiger partial charge in [-0.2, -0.15) is 0 Å². The molecule has 2 aromatic rings. The van der Waals surface area contributed by atoms with Gasteiger partial charge in [-0.05, 0) is 50.5 Å². The molecule has 0 spiro atoms. The number of sulfonamides is 1. The molecule has 158 valence electrons. The molecule has 0 aliphatic rings. The quantitative estimate of drug-likeness (QED) is 0.456. The fourth-order valence-electron chi connectivity index (χ4n) is 2.69. The number of carboxylic acid groups (broad SMARTS) is 1. The Morgan fingerprint density at radius 3 is 2.48 bits per heavy atom. The minimum Gasteiger partial charge on any atom is -0.478 e. The zero-order valence-corrected chi connectivity index (χ0v) is 17.5. The Bertz CT molecular complexity index is 899. The summed E-state index contributed by atoms with van der Waals surface area (Å²) in [6.07, 6.45) is 1.36. The molecule has 0 amide bonds. The van der Waals surface area contributed by atoms with Crippen LogP contribution in [0.25, 0.3) is 0 Å². The highest BCUT2D eigenvalue weighted by Crippen LogP contribution is 2.23. The average molecular weight is 421 g/mol. The molecule has 0 heterocycles. The summed E-state index contributed by atoms with van der Waals surface area (Å²) in [5.74, 6) is -1.18. The van der Waals surface area contributed by atoms with Gasteiger partial charge >= 0.3 is 5.97 Å². The van der Waals surface area contributed by atoms with Crippen molar-refractivity contribution in [3.05, 3.63) is 59.7 Å². The van der Waals surface area contributed by atoms with Crippen LogP contribution in [0.15, 0.2) is 53.4 Å². The Kier molecular flexibility index (Phi) is 8.63. The molecule has 0 saturated carbocycles. The summed E-state index contributed by atoms with van der Waals surface area (Å²) in [6, 6.07) is 13.6. The zero-order chi connectivity index (χ0) is 21.3. The zero-order valence-electron chi connectivity index (χ0n) is 16.7. The first-order chi connectivity index (χ1) is 13.8. The van der Waals surface area contributed by atoms with Gasteiger partial charge in [-0.15, -0.1) is 0 Å². The molecule has 0 radical (unpaired) electrons. The van der Waals surface area contributed by atoms with E-state index in [-0.39, 0.29) is 23.1 Å². The van der Waals surface area contributed by atoms with Crippen LogP contribution >= 0.6 is 0 Å². The van der Waals surface area contributed by atoms with E-state index >= 15 is 0 Å². The van der Waals surface area contributed by atoms with Gasteiger partial charge in [-0.25, -0.2) is 17.9 Å². The number of benzene rings is 2. The molecule has 0 atom stereocenters. The van der Waals surface area contributed by atoms with E-state index in [9.17, 15) is 18.3 Å². The van der Waals surface area contributed by atoms with E-state index < -0.39 is 16.0 Å². The van der Waals surface area contributed by atoms with E-state index in [1.807, 2.05) is 44.2 Å². The molecule has 0 saturated heterocycles. The molecule has 29 heavy (non-hydrogen) atoms. The van der Waals surface area contributed by atoms with Crippen LogP contribution in [0, 0.1) is 0 Å². The van der Waals surface area contributed by atoms with Crippen molar-refractivity contribution < 1.29 is 23.1 Å². The molecule has 8 heteroatoms. The van der Waals surface area contributed by atoms with Crippen molar-refractivity contribution in [3.63, 3.8) is 0 Å². The summed E-state index contributed by atoms with van der Waals surface area (Å²) in [6.45, 7) is 5.17. The van der Waals surface area contributed by atoms with E-state index in [4.69, 9.17) is 4.74 Å². The molecule has 0 aliphatic carbocycles. The predicted molar refractivity (Wildman–Crippen MR) is 113 cm³/mol. The molecule has 0 unspecified atom stereocenters. The summed E-state index contributed by atoms with van der Waals surface area (Å²) in [5.41, 5.74) is 1.30. The predicted octanol–water partition coefficient (Wildman–Crippen LogP) is 3.13. The summed E-state index contributed by atoms with van der Waals surface area (Å²) in [4.78, 5) is 11.2. The molecule has 2 aromatic carbocycles. The van der Waals surface area contributed by atoms with Gasteiger partial charge in [0.25, 0.3) is 0 Å². The molecule has 0 aromatic heterocycles. The molecule has 2 rings (SSSR count). The topological polar surface area (TPSA) is 105 Å². The van der Waals surface area contributed by atoms with Gasteiger partial charge in [0, 0.05) is 19.7 Å². The lowest BCUT2D eigenvalue weighted by Crippen LogP contribution is -2.27. The SMILES string of the molecule is CC(C)OCCCNc1ccc(C(=O)O)cc1S(=O)(=O)NCCc1ccccc1. The van der Waals surface area contributed by atoms with E-state index in [2.05, 4.69) is 10.0 Å². The minimum absolute atomic E-state index is 0.0739. The van der Waals surface area contributed by atoms with Crippen LogP contribution in [-0.4, -0.2) is 45.3 Å². The number of carbonyl (C=O) groups is 1. The number of nitrogens with one attached hydrogen (secondary N) is 2. The van der Waals surface area contributed by atoms with E-state index in [1.165, 1.54) is 18.2 Å². The molecule has 3 N–H and O–H groups in total. The van der Waals surface area contributed by atoms with Crippen molar-refractivity contribution in [1.82, 2.24) is 4.72 Å². The number of hydrogen-bond donors (Lipinski definition) is 3. The van der Waals surface area contributed by atoms with Crippen molar-refractivity contribution in [3.8, 4) is 0 Å². The summed E-state index contributed by atoms with van der Waals surface area (Å²) >= 11 is 0. The largest absolute Gasteiger partial charge is 0.478 e. The number of carboxylic acids is 1. The van der Waals surface area contributed by atoms with Crippen molar-refractivity contribution in [2.45, 2.75) is 37.7 Å². The minimum atomic E-state index is -3.88. The molecule has 0 bridgehead atoms. The van der Waals surface area contributed by atoms with Crippen LogP contribution in [0.1, 0.15) is 36.2 Å². The van der Waals surface area contributed by atoms with Crippen LogP contribution in [0.2, 0.25) is 0 Å². The van der Waals surface area contributed by atoms with Gasteiger partial charge in [0.1, 0.15) is 4.90 Å². The van der Waals surface area contributed by atoms with Gasteiger partial charge in [0.2, 0.25) is 10.0 Å². The van der Waals surface area contributed by atoms with E-state index in [0.29, 0.717) is 31.7 Å². The molecular formula is C21H28N2O5S. The second kappa shape index (κ2) is 10.9. The fourth-order valence-corrected chi connectivity index (χ4v) is 3.93. The molecular weight excluding hydrogens is 392 g/mol. The summed E-state index contributed by atoms with van der Waals surface area (Å²) in [5, 5.41) is 12.3. The Morgan fingerprint density at radius 2 is 1.83 bits per heavy atom. The fraction of sp³-hybridized carbons (Fsp3) is 0.381. The summed E-state index contributed by atoms with van der Waals surface area (Å²) < 4.78 is 33.7. The van der Waals surface area contributed by atoms with Crippen molar-refractivity contribution >= 4 is 21.7 Å². The van der Waals surface area contributed by atoms with Crippen LogP contribution in [0.3, 0.4) is 0 Å². The first-order valence-corrected chi connectivity index (χ1v) is 11.0. The average Bonchev–Trinajstić information content (AvgIpc) is 2.68. The van der Waals surface area contributed by atoms with Crippen molar-refractivity contribution in [2.24, 2.45) is 0 Å². The third-order valence-corrected chi connectivity index (χ3v) is 5.66. The third-order valence-electron chi connectivity index (χ3n) is 4.15. The van der Waals surface area contributed by atoms with Crippen LogP contribution in [-0.2, 0) is 21.2 Å². The maximum absolute atomic E-state index is 12.8. The van der Waals surface area contributed by atoms with Crippen LogP contribution in [0.5, 0.6) is 0 Å². The first-order valence-electron chi connectivity index (χ1n) is 9.56. The normalized spacial score (nSPS) is 11.6. The van der Waals surface area contributed by atoms with Gasteiger partial charge in [-0.3, -0.25) is 0 Å². The second-order valence-electron chi connectivity index (χ2n) is 6.85. The number of aromatic carboxylic acids is 1. The van der Waals surface area contributed by atoms with Gasteiger partial charge in [0.15, 0.2) is 0 Å². The number of rotatable bonds is 12. The molecule has 7 nitrogen and oxygen atoms in total. The maximum atomic E-state index is 12.8. The monoisotopic (exact) mass is 420 g/mol. The smallest absolute Gasteiger partial charge is 0.335 e. The van der Waals surface area contributed by atoms with Gasteiger partial charge < -0.3 is 15.2 Å². The number of anilines is 1. The van der Waals surface area contributed by atoms with Crippen molar-refractivity contribution in [2.75, 3.05) is 25.0 Å². The van der Waals surface area contributed by atoms with E-state index in [1.54, 1.807) is 0 Å². The number of ether oxygens (including phenoxy) is 1. The van der Waals surface area contributed by atoms with Gasteiger partial charge in [-0.1, -0.05) is 30.3 Å².